The van der Waals surface area contributed by atoms with Crippen molar-refractivity contribution in [2.24, 2.45) is 12.8 Å². The maximum Gasteiger partial charge on any atom is 0.0757 e. The lowest BCUT2D eigenvalue weighted by Gasteiger charge is -2.07. The van der Waals surface area contributed by atoms with Crippen LogP contribution in [0.15, 0.2) is 30.9 Å². The molecule has 2 heterocycles. The Kier molecular flexibility index (Phi) is 2.73. The third-order valence-corrected chi connectivity index (χ3v) is 2.16. The molecule has 0 aliphatic rings. The van der Waals surface area contributed by atoms with E-state index in [9.17, 15) is 0 Å². The number of aryl methyl sites for hydroxylation is 1. The molecule has 0 aromatic carbocycles. The Morgan fingerprint density at radius 3 is 2.93 bits per heavy atom. The van der Waals surface area contributed by atoms with E-state index in [0.29, 0.717) is 6.42 Å². The first-order chi connectivity index (χ1) is 7.25. The molecule has 0 fully saturated rings. The molecule has 0 bridgehead atoms. The van der Waals surface area contributed by atoms with Crippen LogP contribution in [0.5, 0.6) is 0 Å². The summed E-state index contributed by atoms with van der Waals surface area (Å²) in [5, 5.41) is 4.26. The number of hydrogen-bond acceptors (Lipinski definition) is 4. The number of nitrogens with two attached hydrogens (primary N) is 1. The Morgan fingerprint density at radius 1 is 1.47 bits per heavy atom. The molecule has 0 radical (unpaired) electrons. The zero-order valence-corrected chi connectivity index (χ0v) is 8.54. The molecule has 2 rings (SSSR count). The quantitative estimate of drug-likeness (QED) is 0.786. The highest BCUT2D eigenvalue weighted by Gasteiger charge is 2.09. The van der Waals surface area contributed by atoms with Gasteiger partial charge in [-0.2, -0.15) is 5.10 Å². The van der Waals surface area contributed by atoms with Crippen LogP contribution in [0.3, 0.4) is 0 Å². The van der Waals surface area contributed by atoms with E-state index >= 15 is 0 Å². The highest BCUT2D eigenvalue weighted by Crippen LogP contribution is 2.10. The lowest BCUT2D eigenvalue weighted by Crippen LogP contribution is -2.15. The molecule has 0 saturated carbocycles. The van der Waals surface area contributed by atoms with Gasteiger partial charge in [0.25, 0.3) is 0 Å². The van der Waals surface area contributed by atoms with Gasteiger partial charge in [-0.05, 0) is 6.07 Å². The van der Waals surface area contributed by atoms with Gasteiger partial charge in [-0.25, -0.2) is 0 Å². The highest BCUT2D eigenvalue weighted by molar-refractivity contribution is 5.08. The van der Waals surface area contributed by atoms with Gasteiger partial charge < -0.3 is 5.73 Å². The molecule has 1 unspecified atom stereocenters. The van der Waals surface area contributed by atoms with Crippen LogP contribution < -0.4 is 5.73 Å². The fourth-order valence-electron chi connectivity index (χ4n) is 1.40. The van der Waals surface area contributed by atoms with Crippen molar-refractivity contribution in [1.82, 2.24) is 19.7 Å². The second kappa shape index (κ2) is 4.18. The fourth-order valence-corrected chi connectivity index (χ4v) is 1.40. The third-order valence-electron chi connectivity index (χ3n) is 2.16. The second-order valence-electron chi connectivity index (χ2n) is 3.42. The summed E-state index contributed by atoms with van der Waals surface area (Å²) in [4.78, 5) is 8.14. The topological polar surface area (TPSA) is 69.6 Å². The molecule has 5 nitrogen and oxygen atoms in total. The molecule has 0 saturated heterocycles. The van der Waals surface area contributed by atoms with Crippen LogP contribution in [-0.2, 0) is 13.5 Å². The van der Waals surface area contributed by atoms with Gasteiger partial charge in [0.15, 0.2) is 0 Å². The van der Waals surface area contributed by atoms with Crippen molar-refractivity contribution in [3.8, 4) is 0 Å². The third kappa shape index (κ3) is 2.38. The Balaban J connectivity index is 2.07. The average Bonchev–Trinajstić information content (AvgIpc) is 2.65. The van der Waals surface area contributed by atoms with Gasteiger partial charge in [0.2, 0.25) is 0 Å². The first-order valence-corrected chi connectivity index (χ1v) is 4.76. The summed E-state index contributed by atoms with van der Waals surface area (Å²) in [5.41, 5.74) is 7.75. The molecule has 0 amide bonds. The smallest absolute Gasteiger partial charge is 0.0757 e. The number of hydrogen-bond donors (Lipinski definition) is 1. The van der Waals surface area contributed by atoms with Gasteiger partial charge in [0.1, 0.15) is 0 Å². The number of aromatic nitrogens is 4. The van der Waals surface area contributed by atoms with Crippen LogP contribution in [0.4, 0.5) is 0 Å². The molecule has 78 valence electrons. The van der Waals surface area contributed by atoms with Gasteiger partial charge in [-0.15, -0.1) is 0 Å². The molecule has 0 spiro atoms. The largest absolute Gasteiger partial charge is 0.322 e. The molecule has 5 heteroatoms. The summed E-state index contributed by atoms with van der Waals surface area (Å²) in [5.74, 6) is 0. The first-order valence-electron chi connectivity index (χ1n) is 4.76. The SMILES string of the molecule is Cn1ccc(CC(N)c2cnccn2)n1. The summed E-state index contributed by atoms with van der Waals surface area (Å²) in [6.07, 6.45) is 7.55. The number of nitrogens with zero attached hydrogens (tertiary/aromatic N) is 4. The minimum Gasteiger partial charge on any atom is -0.322 e. The zero-order valence-electron chi connectivity index (χ0n) is 8.54. The van der Waals surface area contributed by atoms with E-state index in [0.717, 1.165) is 11.4 Å². The monoisotopic (exact) mass is 203 g/mol. The van der Waals surface area contributed by atoms with Crippen molar-refractivity contribution >= 4 is 0 Å². The Bertz CT molecular complexity index is 422. The normalized spacial score (nSPS) is 12.7. The predicted octanol–water partition coefficient (Wildman–Crippen LogP) is 0.453. The Morgan fingerprint density at radius 2 is 2.33 bits per heavy atom. The van der Waals surface area contributed by atoms with Crippen molar-refractivity contribution < 1.29 is 0 Å². The molecule has 0 aliphatic heterocycles. The summed E-state index contributed by atoms with van der Waals surface area (Å²) in [6.45, 7) is 0. The molecular weight excluding hydrogens is 190 g/mol. The molecule has 2 aromatic rings. The molecule has 2 N–H and O–H groups in total. The van der Waals surface area contributed by atoms with Crippen molar-refractivity contribution in [1.29, 1.82) is 0 Å². The van der Waals surface area contributed by atoms with Gasteiger partial charge in [0, 0.05) is 38.3 Å². The van der Waals surface area contributed by atoms with Crippen LogP contribution in [-0.4, -0.2) is 19.7 Å². The number of rotatable bonds is 3. The van der Waals surface area contributed by atoms with E-state index < -0.39 is 0 Å². The lowest BCUT2D eigenvalue weighted by atomic mass is 10.1. The van der Waals surface area contributed by atoms with E-state index in [4.69, 9.17) is 5.73 Å². The minimum atomic E-state index is -0.145. The van der Waals surface area contributed by atoms with E-state index in [2.05, 4.69) is 15.1 Å². The van der Waals surface area contributed by atoms with Gasteiger partial charge in [-0.3, -0.25) is 14.6 Å². The van der Waals surface area contributed by atoms with Gasteiger partial charge in [0.05, 0.1) is 17.4 Å². The minimum absolute atomic E-state index is 0.145. The standard InChI is InChI=1S/C10H13N5/c1-15-5-2-8(14-15)6-9(11)10-7-12-3-4-13-10/h2-5,7,9H,6,11H2,1H3. The molecule has 0 aliphatic carbocycles. The van der Waals surface area contributed by atoms with E-state index in [-0.39, 0.29) is 6.04 Å². The lowest BCUT2D eigenvalue weighted by molar-refractivity contribution is 0.657. The summed E-state index contributed by atoms with van der Waals surface area (Å²) in [7, 11) is 1.89. The summed E-state index contributed by atoms with van der Waals surface area (Å²) in [6, 6.07) is 1.81. The summed E-state index contributed by atoms with van der Waals surface area (Å²) < 4.78 is 1.76. The van der Waals surface area contributed by atoms with Crippen LogP contribution in [0.2, 0.25) is 0 Å². The highest BCUT2D eigenvalue weighted by atomic mass is 15.2. The maximum absolute atomic E-state index is 5.98. The van der Waals surface area contributed by atoms with Crippen LogP contribution in [0.1, 0.15) is 17.4 Å². The first kappa shape index (κ1) is 9.79. The van der Waals surface area contributed by atoms with Gasteiger partial charge in [-0.1, -0.05) is 0 Å². The Hall–Kier alpha value is -1.75. The van der Waals surface area contributed by atoms with E-state index in [1.807, 2.05) is 19.3 Å². The molecule has 1 atom stereocenters. The zero-order chi connectivity index (χ0) is 10.7. The van der Waals surface area contributed by atoms with Crippen LogP contribution >= 0.6 is 0 Å². The Labute approximate surface area is 88.0 Å². The maximum atomic E-state index is 5.98. The second-order valence-corrected chi connectivity index (χ2v) is 3.42. The van der Waals surface area contributed by atoms with Crippen molar-refractivity contribution in [3.63, 3.8) is 0 Å². The molecule has 15 heavy (non-hydrogen) atoms. The van der Waals surface area contributed by atoms with Gasteiger partial charge >= 0.3 is 0 Å². The predicted molar refractivity (Wildman–Crippen MR) is 55.9 cm³/mol. The van der Waals surface area contributed by atoms with Crippen LogP contribution in [0, 0.1) is 0 Å². The average molecular weight is 203 g/mol. The summed E-state index contributed by atoms with van der Waals surface area (Å²) >= 11 is 0. The van der Waals surface area contributed by atoms with Crippen molar-refractivity contribution in [2.45, 2.75) is 12.5 Å². The molecule has 2 aromatic heterocycles. The van der Waals surface area contributed by atoms with Crippen LogP contribution in [0.25, 0.3) is 0 Å². The van der Waals surface area contributed by atoms with E-state index in [1.54, 1.807) is 23.3 Å². The van der Waals surface area contributed by atoms with Crippen molar-refractivity contribution in [2.75, 3.05) is 0 Å². The van der Waals surface area contributed by atoms with Crippen molar-refractivity contribution in [3.05, 3.63) is 42.2 Å². The molecular formula is C10H13N5. The fraction of sp³-hybridized carbons (Fsp3) is 0.300. The van der Waals surface area contributed by atoms with E-state index in [1.165, 1.54) is 0 Å².